The third-order valence-electron chi connectivity index (χ3n) is 1.81. The third kappa shape index (κ3) is 1.93. The van der Waals surface area contributed by atoms with Crippen molar-refractivity contribution in [1.29, 1.82) is 0 Å². The smallest absolute Gasteiger partial charge is 0.289 e. The first kappa shape index (κ1) is 9.20. The average Bonchev–Trinajstić information content (AvgIpc) is 2.63. The normalized spacial score (nSPS) is 10.9. The Balaban J connectivity index is 2.30. The molecular weight excluding hydrogens is 194 g/mol. The van der Waals surface area contributed by atoms with Crippen molar-refractivity contribution >= 4 is 11.4 Å². The number of nitrogens with zero attached hydrogens (tertiary/aromatic N) is 3. The van der Waals surface area contributed by atoms with E-state index in [1.165, 1.54) is 12.3 Å². The minimum absolute atomic E-state index is 0.270. The molecule has 1 heterocycles. The van der Waals surface area contributed by atoms with Gasteiger partial charge in [-0.15, -0.1) is 9.91 Å². The van der Waals surface area contributed by atoms with Gasteiger partial charge in [0.2, 0.25) is 0 Å². The molecule has 0 unspecified atom stereocenters. The predicted molar refractivity (Wildman–Crippen MR) is 55.8 cm³/mol. The van der Waals surface area contributed by atoms with E-state index in [0.717, 1.165) is 4.79 Å². The Bertz CT molecular complexity index is 539. The summed E-state index contributed by atoms with van der Waals surface area (Å²) in [5, 5.41) is 10.1. The largest absolute Gasteiger partial charge is 0.397 e. The molecule has 0 saturated heterocycles. The zero-order valence-electron chi connectivity index (χ0n) is 7.79. The lowest BCUT2D eigenvalue weighted by molar-refractivity contribution is 0.669. The van der Waals surface area contributed by atoms with E-state index in [1.54, 1.807) is 24.3 Å². The summed E-state index contributed by atoms with van der Waals surface area (Å²) in [5.41, 5.74) is 6.42. The molecular formula is C9H9N5O. The van der Waals surface area contributed by atoms with Crippen LogP contribution in [0.5, 0.6) is 0 Å². The van der Waals surface area contributed by atoms with E-state index >= 15 is 0 Å². The monoisotopic (exact) mass is 203 g/mol. The van der Waals surface area contributed by atoms with Gasteiger partial charge in [0.25, 0.3) is 5.56 Å². The van der Waals surface area contributed by atoms with Crippen LogP contribution in [0.25, 0.3) is 0 Å². The van der Waals surface area contributed by atoms with E-state index in [-0.39, 0.29) is 5.56 Å². The number of hydrogen-bond acceptors (Lipinski definition) is 4. The van der Waals surface area contributed by atoms with Crippen LogP contribution >= 0.6 is 0 Å². The summed E-state index contributed by atoms with van der Waals surface area (Å²) in [7, 11) is 0. The Morgan fingerprint density at radius 1 is 1.27 bits per heavy atom. The number of nitrogen functional groups attached to an aromatic ring is 1. The molecule has 0 spiro atoms. The highest BCUT2D eigenvalue weighted by atomic mass is 16.1. The topological polar surface area (TPSA) is 88.5 Å². The van der Waals surface area contributed by atoms with E-state index in [4.69, 9.17) is 5.73 Å². The van der Waals surface area contributed by atoms with Gasteiger partial charge in [-0.3, -0.25) is 9.89 Å². The molecule has 6 heteroatoms. The second-order valence-corrected chi connectivity index (χ2v) is 2.86. The van der Waals surface area contributed by atoms with Gasteiger partial charge in [0.1, 0.15) is 5.69 Å². The second kappa shape index (κ2) is 3.79. The van der Waals surface area contributed by atoms with Gasteiger partial charge in [-0.2, -0.15) is 0 Å². The standard InChI is InChI=1S/C9H9N5O/c10-7-3-1-2-4-8(7)12-13-14-9(15)5-6-11-14/h1-6,11H,10H2/b13-12+. The average molecular weight is 203 g/mol. The molecule has 0 bridgehead atoms. The minimum Gasteiger partial charge on any atom is -0.397 e. The molecule has 1 aromatic heterocycles. The van der Waals surface area contributed by atoms with Gasteiger partial charge >= 0.3 is 0 Å². The number of H-pyrrole nitrogens is 1. The Kier molecular flexibility index (Phi) is 2.32. The molecule has 0 aliphatic rings. The molecule has 76 valence electrons. The van der Waals surface area contributed by atoms with Crippen LogP contribution < -0.4 is 11.3 Å². The highest BCUT2D eigenvalue weighted by Crippen LogP contribution is 2.20. The maximum absolute atomic E-state index is 11.1. The number of rotatable bonds is 2. The number of hydrogen-bond donors (Lipinski definition) is 2. The molecule has 6 nitrogen and oxygen atoms in total. The summed E-state index contributed by atoms with van der Waals surface area (Å²) < 4.78 is 0. The maximum Gasteiger partial charge on any atom is 0.289 e. The number of anilines is 1. The molecule has 0 aliphatic heterocycles. The van der Waals surface area contributed by atoms with Crippen molar-refractivity contribution < 1.29 is 0 Å². The molecule has 0 radical (unpaired) electrons. The van der Waals surface area contributed by atoms with Crippen molar-refractivity contribution in [2.75, 3.05) is 5.73 Å². The maximum atomic E-state index is 11.1. The number of nitrogens with one attached hydrogen (secondary N) is 1. The van der Waals surface area contributed by atoms with Crippen LogP contribution in [-0.4, -0.2) is 9.89 Å². The van der Waals surface area contributed by atoms with E-state index in [2.05, 4.69) is 15.4 Å². The van der Waals surface area contributed by atoms with Crippen LogP contribution in [0.15, 0.2) is 51.7 Å². The molecule has 0 aliphatic carbocycles. The highest BCUT2D eigenvalue weighted by Gasteiger charge is 1.95. The Hall–Kier alpha value is -2.37. The van der Waals surface area contributed by atoms with Crippen molar-refractivity contribution in [3.05, 3.63) is 46.9 Å². The lowest BCUT2D eigenvalue weighted by Gasteiger charge is -1.96. The number of aromatic nitrogens is 2. The summed E-state index contributed by atoms with van der Waals surface area (Å²) >= 11 is 0. The molecule has 0 amide bonds. The van der Waals surface area contributed by atoms with Crippen LogP contribution in [0.2, 0.25) is 0 Å². The first-order valence-electron chi connectivity index (χ1n) is 4.30. The van der Waals surface area contributed by atoms with Gasteiger partial charge in [0, 0.05) is 12.3 Å². The van der Waals surface area contributed by atoms with Crippen LogP contribution in [-0.2, 0) is 0 Å². The Morgan fingerprint density at radius 2 is 2.07 bits per heavy atom. The van der Waals surface area contributed by atoms with Gasteiger partial charge in [0.05, 0.1) is 5.69 Å². The van der Waals surface area contributed by atoms with E-state index in [1.807, 2.05) is 0 Å². The summed E-state index contributed by atoms with van der Waals surface area (Å²) in [6, 6.07) is 8.38. The zero-order chi connectivity index (χ0) is 10.7. The quantitative estimate of drug-likeness (QED) is 0.569. The molecule has 2 rings (SSSR count). The van der Waals surface area contributed by atoms with Gasteiger partial charge in [-0.25, -0.2) is 0 Å². The number of nitrogens with two attached hydrogens (primary N) is 1. The summed E-state index contributed by atoms with van der Waals surface area (Å²) in [6.45, 7) is 0. The predicted octanol–water partition coefficient (Wildman–Crippen LogP) is 1.31. The number of aromatic amines is 1. The van der Waals surface area contributed by atoms with Crippen LogP contribution in [0, 0.1) is 0 Å². The van der Waals surface area contributed by atoms with E-state index in [0.29, 0.717) is 11.4 Å². The number of para-hydroxylation sites is 1. The fraction of sp³-hybridized carbons (Fsp3) is 0. The van der Waals surface area contributed by atoms with Gasteiger partial charge in [-0.1, -0.05) is 12.1 Å². The van der Waals surface area contributed by atoms with Crippen molar-refractivity contribution in [2.24, 2.45) is 10.3 Å². The summed E-state index contributed by atoms with van der Waals surface area (Å²) in [5.74, 6) is 0. The summed E-state index contributed by atoms with van der Waals surface area (Å²) in [4.78, 5) is 12.1. The lowest BCUT2D eigenvalue weighted by Crippen LogP contribution is -2.09. The van der Waals surface area contributed by atoms with Crippen molar-refractivity contribution in [3.63, 3.8) is 0 Å². The third-order valence-corrected chi connectivity index (χ3v) is 1.81. The number of benzene rings is 1. The second-order valence-electron chi connectivity index (χ2n) is 2.86. The lowest BCUT2D eigenvalue weighted by atomic mass is 10.3. The van der Waals surface area contributed by atoms with Gasteiger partial charge < -0.3 is 5.73 Å². The fourth-order valence-electron chi connectivity index (χ4n) is 1.05. The van der Waals surface area contributed by atoms with Crippen LogP contribution in [0.3, 0.4) is 0 Å². The molecule has 1 aromatic carbocycles. The van der Waals surface area contributed by atoms with Crippen LogP contribution in [0.4, 0.5) is 11.4 Å². The van der Waals surface area contributed by atoms with E-state index < -0.39 is 0 Å². The zero-order valence-corrected chi connectivity index (χ0v) is 7.79. The fourth-order valence-corrected chi connectivity index (χ4v) is 1.05. The molecule has 0 fully saturated rings. The molecule has 15 heavy (non-hydrogen) atoms. The molecule has 3 N–H and O–H groups in total. The molecule has 0 atom stereocenters. The molecule has 2 aromatic rings. The SMILES string of the molecule is Nc1ccccc1/N=N/n1[nH]ccc1=O. The van der Waals surface area contributed by atoms with Crippen LogP contribution in [0.1, 0.15) is 0 Å². The minimum atomic E-state index is -0.270. The van der Waals surface area contributed by atoms with Gasteiger partial charge in [-0.05, 0) is 17.4 Å². The van der Waals surface area contributed by atoms with Crippen molar-refractivity contribution in [3.8, 4) is 0 Å². The first-order valence-corrected chi connectivity index (χ1v) is 4.30. The van der Waals surface area contributed by atoms with E-state index in [9.17, 15) is 4.79 Å². The van der Waals surface area contributed by atoms with Crippen molar-refractivity contribution in [1.82, 2.24) is 9.89 Å². The highest BCUT2D eigenvalue weighted by molar-refractivity contribution is 5.61. The molecule has 0 saturated carbocycles. The summed E-state index contributed by atoms with van der Waals surface area (Å²) in [6.07, 6.45) is 1.48. The Labute approximate surface area is 85.0 Å². The van der Waals surface area contributed by atoms with Gasteiger partial charge in [0.15, 0.2) is 0 Å². The first-order chi connectivity index (χ1) is 7.27. The Morgan fingerprint density at radius 3 is 2.73 bits per heavy atom. The van der Waals surface area contributed by atoms with Crippen molar-refractivity contribution in [2.45, 2.75) is 0 Å².